The summed E-state index contributed by atoms with van der Waals surface area (Å²) in [5.41, 5.74) is 4.21. The number of carbonyl (C=O) groups is 1. The van der Waals surface area contributed by atoms with Crippen molar-refractivity contribution in [2.75, 3.05) is 32.7 Å². The Bertz CT molecular complexity index is 806. The topological polar surface area (TPSA) is 47.9 Å². The molecule has 1 aliphatic heterocycles. The summed E-state index contributed by atoms with van der Waals surface area (Å²) in [6.07, 6.45) is 1.43. The van der Waals surface area contributed by atoms with Crippen LogP contribution in [0.2, 0.25) is 5.02 Å². The van der Waals surface area contributed by atoms with Gasteiger partial charge in [-0.05, 0) is 29.3 Å². The van der Waals surface area contributed by atoms with Gasteiger partial charge < -0.3 is 0 Å². The van der Waals surface area contributed by atoms with E-state index >= 15 is 0 Å². The van der Waals surface area contributed by atoms with E-state index < -0.39 is 0 Å². The maximum atomic E-state index is 13.1. The average Bonchev–Trinajstić information content (AvgIpc) is 2.65. The number of halogens is 2. The second kappa shape index (κ2) is 9.60. The monoisotopic (exact) mass is 388 g/mol. The first kappa shape index (κ1) is 19.5. The van der Waals surface area contributed by atoms with Gasteiger partial charge in [0.15, 0.2) is 0 Å². The van der Waals surface area contributed by atoms with Crippen LogP contribution < -0.4 is 5.43 Å². The van der Waals surface area contributed by atoms with Crippen LogP contribution in [0.15, 0.2) is 53.6 Å². The zero-order valence-corrected chi connectivity index (χ0v) is 15.7. The van der Waals surface area contributed by atoms with E-state index in [0.717, 1.165) is 43.3 Å². The van der Waals surface area contributed by atoms with Crippen molar-refractivity contribution in [1.82, 2.24) is 15.2 Å². The number of nitrogens with one attached hydrogen (secondary N) is 1. The number of hydrazone groups is 1. The molecule has 0 spiro atoms. The van der Waals surface area contributed by atoms with Crippen LogP contribution in [0.4, 0.5) is 4.39 Å². The molecule has 0 unspecified atom stereocenters. The first-order chi connectivity index (χ1) is 13.1. The van der Waals surface area contributed by atoms with Gasteiger partial charge in [-0.25, -0.2) is 9.82 Å². The number of benzene rings is 2. The van der Waals surface area contributed by atoms with Crippen LogP contribution in [-0.2, 0) is 11.3 Å². The Kier molecular flexibility index (Phi) is 6.92. The Hall–Kier alpha value is -2.28. The van der Waals surface area contributed by atoms with Gasteiger partial charge in [0.05, 0.1) is 12.8 Å². The highest BCUT2D eigenvalue weighted by atomic mass is 35.5. The molecule has 142 valence electrons. The van der Waals surface area contributed by atoms with Crippen molar-refractivity contribution in [3.05, 3.63) is 70.5 Å². The highest BCUT2D eigenvalue weighted by molar-refractivity contribution is 6.31. The third-order valence-corrected chi connectivity index (χ3v) is 4.80. The molecule has 2 aromatic rings. The SMILES string of the molecule is O=C(CN1CCN(Cc2ccccc2Cl)CC1)N/N=C\c1cccc(F)c1. The lowest BCUT2D eigenvalue weighted by Crippen LogP contribution is -2.48. The van der Waals surface area contributed by atoms with Crippen LogP contribution in [0.1, 0.15) is 11.1 Å². The van der Waals surface area contributed by atoms with E-state index in [-0.39, 0.29) is 11.7 Å². The summed E-state index contributed by atoms with van der Waals surface area (Å²) in [6.45, 7) is 4.49. The molecular formula is C20H22ClFN4O. The molecule has 0 radical (unpaired) electrons. The molecule has 1 aliphatic rings. The van der Waals surface area contributed by atoms with E-state index in [1.54, 1.807) is 12.1 Å². The van der Waals surface area contributed by atoms with Crippen molar-refractivity contribution in [2.24, 2.45) is 5.10 Å². The number of hydrogen-bond donors (Lipinski definition) is 1. The smallest absolute Gasteiger partial charge is 0.254 e. The summed E-state index contributed by atoms with van der Waals surface area (Å²) in [5.74, 6) is -0.512. The Balaban J connectivity index is 1.39. The van der Waals surface area contributed by atoms with Crippen molar-refractivity contribution >= 4 is 23.7 Å². The van der Waals surface area contributed by atoms with Crippen molar-refractivity contribution < 1.29 is 9.18 Å². The first-order valence-corrected chi connectivity index (χ1v) is 9.23. The van der Waals surface area contributed by atoms with Crippen LogP contribution >= 0.6 is 11.6 Å². The number of rotatable bonds is 6. The summed E-state index contributed by atoms with van der Waals surface area (Å²) >= 11 is 6.22. The molecule has 1 heterocycles. The molecule has 2 aromatic carbocycles. The van der Waals surface area contributed by atoms with Gasteiger partial charge in [0, 0.05) is 37.7 Å². The molecule has 5 nitrogen and oxygen atoms in total. The van der Waals surface area contributed by atoms with Crippen molar-refractivity contribution in [1.29, 1.82) is 0 Å². The largest absolute Gasteiger partial charge is 0.296 e. The lowest BCUT2D eigenvalue weighted by atomic mass is 10.2. The summed E-state index contributed by atoms with van der Waals surface area (Å²) < 4.78 is 13.1. The zero-order valence-electron chi connectivity index (χ0n) is 14.9. The lowest BCUT2D eigenvalue weighted by molar-refractivity contribution is -0.122. The molecule has 3 rings (SSSR count). The molecule has 0 aromatic heterocycles. The second-order valence-electron chi connectivity index (χ2n) is 6.49. The summed E-state index contributed by atoms with van der Waals surface area (Å²) in [6, 6.07) is 13.9. The van der Waals surface area contributed by atoms with Gasteiger partial charge in [-0.15, -0.1) is 0 Å². The maximum Gasteiger partial charge on any atom is 0.254 e. The molecule has 1 fully saturated rings. The standard InChI is InChI=1S/C20H22ClFN4O/c21-19-7-2-1-5-17(19)14-25-8-10-26(11-9-25)15-20(27)24-23-13-16-4-3-6-18(22)12-16/h1-7,12-13H,8-11,14-15H2,(H,24,27)/b23-13-. The number of amides is 1. The number of nitrogens with zero attached hydrogens (tertiary/aromatic N) is 3. The molecule has 0 bridgehead atoms. The minimum absolute atomic E-state index is 0.179. The first-order valence-electron chi connectivity index (χ1n) is 8.86. The van der Waals surface area contributed by atoms with Crippen LogP contribution in [0, 0.1) is 5.82 Å². The van der Waals surface area contributed by atoms with Gasteiger partial charge in [0.25, 0.3) is 5.91 Å². The zero-order chi connectivity index (χ0) is 19.1. The van der Waals surface area contributed by atoms with E-state index in [9.17, 15) is 9.18 Å². The molecule has 7 heteroatoms. The quantitative estimate of drug-likeness (QED) is 0.611. The normalized spacial score (nSPS) is 15.9. The van der Waals surface area contributed by atoms with Crippen molar-refractivity contribution in [3.8, 4) is 0 Å². The van der Waals surface area contributed by atoms with E-state index in [1.807, 2.05) is 24.3 Å². The van der Waals surface area contributed by atoms with Crippen LogP contribution in [0.3, 0.4) is 0 Å². The minimum Gasteiger partial charge on any atom is -0.296 e. The summed E-state index contributed by atoms with van der Waals surface area (Å²) in [4.78, 5) is 16.4. The van der Waals surface area contributed by atoms with Crippen molar-refractivity contribution in [2.45, 2.75) is 6.54 Å². The molecular weight excluding hydrogens is 367 g/mol. The molecule has 0 atom stereocenters. The van der Waals surface area contributed by atoms with Crippen LogP contribution in [0.25, 0.3) is 0 Å². The fourth-order valence-corrected chi connectivity index (χ4v) is 3.17. The number of piperazine rings is 1. The van der Waals surface area contributed by atoms with Crippen LogP contribution in [-0.4, -0.2) is 54.6 Å². The molecule has 1 amide bonds. The van der Waals surface area contributed by atoms with Gasteiger partial charge in [0.1, 0.15) is 5.82 Å². The molecule has 1 N–H and O–H groups in total. The molecule has 0 saturated carbocycles. The molecule has 27 heavy (non-hydrogen) atoms. The number of hydrogen-bond acceptors (Lipinski definition) is 4. The molecule has 0 aliphatic carbocycles. The maximum absolute atomic E-state index is 13.1. The van der Waals surface area contributed by atoms with Gasteiger partial charge in [-0.3, -0.25) is 14.6 Å². The van der Waals surface area contributed by atoms with E-state index in [1.165, 1.54) is 18.3 Å². The fraction of sp³-hybridized carbons (Fsp3) is 0.300. The third kappa shape index (κ3) is 6.13. The lowest BCUT2D eigenvalue weighted by Gasteiger charge is -2.34. The fourth-order valence-electron chi connectivity index (χ4n) is 2.98. The second-order valence-corrected chi connectivity index (χ2v) is 6.90. The van der Waals surface area contributed by atoms with Gasteiger partial charge in [-0.1, -0.05) is 41.9 Å². The average molecular weight is 389 g/mol. The molecule has 1 saturated heterocycles. The Morgan fingerprint density at radius 2 is 1.85 bits per heavy atom. The Morgan fingerprint density at radius 1 is 1.11 bits per heavy atom. The summed E-state index contributed by atoms with van der Waals surface area (Å²) in [7, 11) is 0. The highest BCUT2D eigenvalue weighted by Crippen LogP contribution is 2.17. The van der Waals surface area contributed by atoms with E-state index in [0.29, 0.717) is 12.1 Å². The highest BCUT2D eigenvalue weighted by Gasteiger charge is 2.19. The van der Waals surface area contributed by atoms with Gasteiger partial charge in [0.2, 0.25) is 0 Å². The minimum atomic E-state index is -0.333. The number of carbonyl (C=O) groups excluding carboxylic acids is 1. The van der Waals surface area contributed by atoms with Gasteiger partial charge >= 0.3 is 0 Å². The predicted molar refractivity (Wildman–Crippen MR) is 105 cm³/mol. The summed E-state index contributed by atoms with van der Waals surface area (Å²) in [5, 5.41) is 4.67. The Morgan fingerprint density at radius 3 is 2.59 bits per heavy atom. The predicted octanol–water partition coefficient (Wildman–Crippen LogP) is 2.75. The Labute approximate surface area is 163 Å². The van der Waals surface area contributed by atoms with E-state index in [2.05, 4.69) is 20.3 Å². The van der Waals surface area contributed by atoms with E-state index in [4.69, 9.17) is 11.6 Å². The van der Waals surface area contributed by atoms with Crippen LogP contribution in [0.5, 0.6) is 0 Å². The van der Waals surface area contributed by atoms with Crippen molar-refractivity contribution in [3.63, 3.8) is 0 Å². The van der Waals surface area contributed by atoms with Gasteiger partial charge in [-0.2, -0.15) is 5.10 Å². The third-order valence-electron chi connectivity index (χ3n) is 4.44.